The number of H-pyrrole nitrogens is 1. The second kappa shape index (κ2) is 8.43. The summed E-state index contributed by atoms with van der Waals surface area (Å²) in [7, 11) is 0. The summed E-state index contributed by atoms with van der Waals surface area (Å²) in [4.78, 5) is 20.3. The molecule has 2 N–H and O–H groups in total. The van der Waals surface area contributed by atoms with Crippen LogP contribution in [0.2, 0.25) is 5.02 Å². The summed E-state index contributed by atoms with van der Waals surface area (Å²) < 4.78 is 0. The summed E-state index contributed by atoms with van der Waals surface area (Å²) in [6, 6.07) is 17.3. The summed E-state index contributed by atoms with van der Waals surface area (Å²) in [5.41, 5.74) is 3.98. The SMILES string of the molecule is Cc1[nH]c(S[C@@H](C)C(=O)Nc2ccc(Cl)cc2)nc1Cc1ccccc1. The summed E-state index contributed by atoms with van der Waals surface area (Å²) in [6.45, 7) is 3.87. The van der Waals surface area contributed by atoms with Crippen LogP contribution in [-0.2, 0) is 11.2 Å². The molecule has 0 fully saturated rings. The highest BCUT2D eigenvalue weighted by atomic mass is 35.5. The van der Waals surface area contributed by atoms with E-state index in [-0.39, 0.29) is 11.2 Å². The molecule has 0 saturated heterocycles. The Labute approximate surface area is 162 Å². The van der Waals surface area contributed by atoms with E-state index in [1.807, 2.05) is 32.0 Å². The highest BCUT2D eigenvalue weighted by Gasteiger charge is 2.17. The van der Waals surface area contributed by atoms with Crippen molar-refractivity contribution in [1.29, 1.82) is 0 Å². The van der Waals surface area contributed by atoms with Gasteiger partial charge in [-0.15, -0.1) is 0 Å². The van der Waals surface area contributed by atoms with Crippen molar-refractivity contribution in [2.75, 3.05) is 5.32 Å². The maximum absolute atomic E-state index is 12.4. The van der Waals surface area contributed by atoms with Crippen LogP contribution in [0.5, 0.6) is 0 Å². The van der Waals surface area contributed by atoms with Gasteiger partial charge >= 0.3 is 0 Å². The minimum atomic E-state index is -0.277. The lowest BCUT2D eigenvalue weighted by molar-refractivity contribution is -0.115. The fourth-order valence-corrected chi connectivity index (χ4v) is 3.48. The van der Waals surface area contributed by atoms with Crippen molar-refractivity contribution in [3.63, 3.8) is 0 Å². The highest BCUT2D eigenvalue weighted by molar-refractivity contribution is 8.00. The first-order chi connectivity index (χ1) is 12.5. The lowest BCUT2D eigenvalue weighted by atomic mass is 10.1. The number of nitrogens with zero attached hydrogens (tertiary/aromatic N) is 1. The molecule has 3 aromatic rings. The number of aromatic nitrogens is 2. The summed E-state index contributed by atoms with van der Waals surface area (Å²) in [5, 5.41) is 4.01. The molecule has 0 unspecified atom stereocenters. The van der Waals surface area contributed by atoms with Gasteiger partial charge in [-0.3, -0.25) is 4.79 Å². The third-order valence-electron chi connectivity index (χ3n) is 3.95. The Bertz CT molecular complexity index is 878. The van der Waals surface area contributed by atoms with E-state index in [4.69, 9.17) is 11.6 Å². The fraction of sp³-hybridized carbons (Fsp3) is 0.200. The molecule has 6 heteroatoms. The van der Waals surface area contributed by atoms with Crippen molar-refractivity contribution in [3.05, 3.63) is 76.6 Å². The van der Waals surface area contributed by atoms with E-state index in [9.17, 15) is 4.79 Å². The summed E-state index contributed by atoms with van der Waals surface area (Å²) in [6.07, 6.45) is 0.773. The predicted octanol–water partition coefficient (Wildman–Crippen LogP) is 5.08. The van der Waals surface area contributed by atoms with E-state index < -0.39 is 0 Å². The Kier molecular flexibility index (Phi) is 6.01. The zero-order valence-corrected chi connectivity index (χ0v) is 16.2. The van der Waals surface area contributed by atoms with Gasteiger partial charge < -0.3 is 10.3 Å². The molecule has 2 aromatic carbocycles. The zero-order valence-electron chi connectivity index (χ0n) is 14.6. The van der Waals surface area contributed by atoms with Crippen LogP contribution >= 0.6 is 23.4 Å². The minimum Gasteiger partial charge on any atom is -0.337 e. The molecule has 1 heterocycles. The van der Waals surface area contributed by atoms with Gasteiger partial charge in [0.1, 0.15) is 0 Å². The van der Waals surface area contributed by atoms with E-state index >= 15 is 0 Å². The number of thioether (sulfide) groups is 1. The largest absolute Gasteiger partial charge is 0.337 e. The van der Waals surface area contributed by atoms with Crippen LogP contribution < -0.4 is 5.32 Å². The number of aryl methyl sites for hydroxylation is 1. The third-order valence-corrected chi connectivity index (χ3v) is 5.18. The first-order valence-electron chi connectivity index (χ1n) is 8.34. The van der Waals surface area contributed by atoms with E-state index in [2.05, 4.69) is 27.4 Å². The van der Waals surface area contributed by atoms with Crippen LogP contribution in [0.4, 0.5) is 5.69 Å². The maximum atomic E-state index is 12.4. The average Bonchev–Trinajstić information content (AvgIpc) is 2.97. The lowest BCUT2D eigenvalue weighted by Gasteiger charge is -2.10. The topological polar surface area (TPSA) is 57.8 Å². The van der Waals surface area contributed by atoms with Gasteiger partial charge in [-0.05, 0) is 43.7 Å². The van der Waals surface area contributed by atoms with E-state index in [0.717, 1.165) is 28.7 Å². The molecule has 1 atom stereocenters. The van der Waals surface area contributed by atoms with E-state index in [0.29, 0.717) is 5.02 Å². The van der Waals surface area contributed by atoms with Crippen LogP contribution in [0, 0.1) is 6.92 Å². The second-order valence-corrected chi connectivity index (χ2v) is 7.80. The molecule has 0 saturated carbocycles. The normalized spacial score (nSPS) is 12.0. The van der Waals surface area contributed by atoms with Crippen LogP contribution in [0.15, 0.2) is 59.8 Å². The molecule has 1 aromatic heterocycles. The van der Waals surface area contributed by atoms with Gasteiger partial charge in [-0.2, -0.15) is 0 Å². The minimum absolute atomic E-state index is 0.0732. The van der Waals surface area contributed by atoms with Gasteiger partial charge in [0.25, 0.3) is 0 Å². The number of rotatable bonds is 6. The van der Waals surface area contributed by atoms with Crippen LogP contribution in [-0.4, -0.2) is 21.1 Å². The molecule has 0 aliphatic carbocycles. The predicted molar refractivity (Wildman–Crippen MR) is 108 cm³/mol. The fourth-order valence-electron chi connectivity index (χ4n) is 2.48. The van der Waals surface area contributed by atoms with Gasteiger partial charge in [-0.25, -0.2) is 4.98 Å². The van der Waals surface area contributed by atoms with Crippen LogP contribution in [0.25, 0.3) is 0 Å². The zero-order chi connectivity index (χ0) is 18.5. The van der Waals surface area contributed by atoms with Crippen LogP contribution in [0.3, 0.4) is 0 Å². The van der Waals surface area contributed by atoms with E-state index in [1.54, 1.807) is 24.3 Å². The molecule has 0 spiro atoms. The molecule has 0 aliphatic heterocycles. The Balaban J connectivity index is 1.62. The Hall–Kier alpha value is -2.24. The van der Waals surface area contributed by atoms with Gasteiger partial charge in [-0.1, -0.05) is 53.7 Å². The smallest absolute Gasteiger partial charge is 0.237 e. The maximum Gasteiger partial charge on any atom is 0.237 e. The van der Waals surface area contributed by atoms with Crippen molar-refractivity contribution in [2.45, 2.75) is 30.7 Å². The number of hydrogen-bond donors (Lipinski definition) is 2. The number of hydrogen-bond acceptors (Lipinski definition) is 3. The van der Waals surface area contributed by atoms with Gasteiger partial charge in [0, 0.05) is 22.8 Å². The third kappa shape index (κ3) is 4.90. The van der Waals surface area contributed by atoms with Crippen molar-refractivity contribution < 1.29 is 4.79 Å². The lowest BCUT2D eigenvalue weighted by Crippen LogP contribution is -2.22. The second-order valence-electron chi connectivity index (χ2n) is 6.03. The van der Waals surface area contributed by atoms with Gasteiger partial charge in [0.2, 0.25) is 5.91 Å². The Morgan fingerprint density at radius 1 is 1.19 bits per heavy atom. The Morgan fingerprint density at radius 3 is 2.58 bits per heavy atom. The quantitative estimate of drug-likeness (QED) is 0.581. The number of carbonyl (C=O) groups excluding carboxylic acids is 1. The number of anilines is 1. The number of nitrogens with one attached hydrogen (secondary N) is 2. The van der Waals surface area contributed by atoms with Crippen molar-refractivity contribution >= 4 is 35.0 Å². The first kappa shape index (κ1) is 18.5. The summed E-state index contributed by atoms with van der Waals surface area (Å²) >= 11 is 7.28. The van der Waals surface area contributed by atoms with E-state index in [1.165, 1.54) is 17.3 Å². The first-order valence-corrected chi connectivity index (χ1v) is 9.59. The number of benzene rings is 2. The van der Waals surface area contributed by atoms with Crippen molar-refractivity contribution in [2.24, 2.45) is 0 Å². The van der Waals surface area contributed by atoms with Gasteiger partial charge in [0.05, 0.1) is 10.9 Å². The number of carbonyl (C=O) groups is 1. The van der Waals surface area contributed by atoms with Crippen molar-refractivity contribution in [1.82, 2.24) is 9.97 Å². The summed E-state index contributed by atoms with van der Waals surface area (Å²) in [5.74, 6) is -0.0732. The molecular formula is C20H20ClN3OS. The molecule has 3 rings (SSSR count). The number of halogens is 1. The van der Waals surface area contributed by atoms with Crippen molar-refractivity contribution in [3.8, 4) is 0 Å². The monoisotopic (exact) mass is 385 g/mol. The molecule has 1 amide bonds. The Morgan fingerprint density at radius 2 is 1.88 bits per heavy atom. The van der Waals surface area contributed by atoms with Gasteiger partial charge in [0.15, 0.2) is 5.16 Å². The molecule has 0 aliphatic rings. The highest BCUT2D eigenvalue weighted by Crippen LogP contribution is 2.24. The average molecular weight is 386 g/mol. The standard InChI is InChI=1S/C20H20ClN3OS/c1-13-18(12-15-6-4-3-5-7-15)24-20(22-13)26-14(2)19(25)23-17-10-8-16(21)9-11-17/h3-11,14H,12H2,1-2H3,(H,22,24)(H,23,25)/t14-/m0/s1. The van der Waals surface area contributed by atoms with Crippen LogP contribution in [0.1, 0.15) is 23.9 Å². The molecule has 134 valence electrons. The molecule has 26 heavy (non-hydrogen) atoms. The number of aromatic amines is 1. The molecule has 0 radical (unpaired) electrons. The molecule has 0 bridgehead atoms. The number of amides is 1. The molecule has 4 nitrogen and oxygen atoms in total. The molecular weight excluding hydrogens is 366 g/mol. The number of imidazole rings is 1.